The van der Waals surface area contributed by atoms with Crippen molar-refractivity contribution in [3.63, 3.8) is 0 Å². The Bertz CT molecular complexity index is 931. The minimum atomic E-state index is -3.34. The van der Waals surface area contributed by atoms with E-state index in [0.717, 1.165) is 23.1 Å². The van der Waals surface area contributed by atoms with Crippen LogP contribution in [0.15, 0.2) is 42.5 Å². The van der Waals surface area contributed by atoms with Crippen LogP contribution >= 0.6 is 11.6 Å². The highest BCUT2D eigenvalue weighted by molar-refractivity contribution is 7.92. The first-order chi connectivity index (χ1) is 12.3. The van der Waals surface area contributed by atoms with E-state index in [4.69, 9.17) is 16.3 Å². The Labute approximate surface area is 157 Å². The van der Waals surface area contributed by atoms with Crippen LogP contribution in [0.3, 0.4) is 0 Å². The lowest BCUT2D eigenvalue weighted by molar-refractivity contribution is -0.126. The number of amides is 1. The third-order valence-corrected chi connectivity index (χ3v) is 4.84. The molecular formula is C18H19ClN2O4S. The van der Waals surface area contributed by atoms with Crippen molar-refractivity contribution in [2.24, 2.45) is 5.92 Å². The maximum atomic E-state index is 12.4. The molecule has 0 bridgehead atoms. The summed E-state index contributed by atoms with van der Waals surface area (Å²) in [7, 11) is -3.34. The van der Waals surface area contributed by atoms with Gasteiger partial charge in [-0.1, -0.05) is 23.7 Å². The highest BCUT2D eigenvalue weighted by atomic mass is 35.5. The van der Waals surface area contributed by atoms with Gasteiger partial charge in [-0.25, -0.2) is 8.42 Å². The molecule has 26 heavy (non-hydrogen) atoms. The summed E-state index contributed by atoms with van der Waals surface area (Å²) in [4.78, 5) is 12.4. The number of fused-ring (bicyclic) bond motifs is 1. The number of benzene rings is 2. The molecule has 3 rings (SSSR count). The average Bonchev–Trinajstić information content (AvgIpc) is 2.58. The highest BCUT2D eigenvalue weighted by Crippen LogP contribution is 2.29. The zero-order chi connectivity index (χ0) is 18.7. The van der Waals surface area contributed by atoms with Crippen molar-refractivity contribution >= 4 is 33.2 Å². The largest absolute Gasteiger partial charge is 0.492 e. The summed E-state index contributed by atoms with van der Waals surface area (Å²) in [6.45, 7) is 0.618. The van der Waals surface area contributed by atoms with E-state index in [1.807, 2.05) is 18.2 Å². The molecule has 0 spiro atoms. The molecule has 1 aliphatic heterocycles. The zero-order valence-electron chi connectivity index (χ0n) is 14.2. The Kier molecular flexibility index (Phi) is 5.38. The van der Waals surface area contributed by atoms with Crippen molar-refractivity contribution in [1.82, 2.24) is 5.32 Å². The topological polar surface area (TPSA) is 84.5 Å². The lowest BCUT2D eigenvalue weighted by Gasteiger charge is -2.24. The van der Waals surface area contributed by atoms with Crippen molar-refractivity contribution in [2.45, 2.75) is 13.0 Å². The molecule has 2 aromatic rings. The van der Waals surface area contributed by atoms with E-state index in [1.165, 1.54) is 0 Å². The number of halogens is 1. The molecule has 0 aromatic heterocycles. The molecule has 0 fully saturated rings. The molecule has 2 aromatic carbocycles. The van der Waals surface area contributed by atoms with Crippen molar-refractivity contribution in [1.29, 1.82) is 0 Å². The Hall–Kier alpha value is -2.25. The SMILES string of the molecule is CS(=O)(=O)Nc1cccc(CNC(=O)C2COc3ccc(Cl)cc3C2)c1. The molecule has 6 nitrogen and oxygen atoms in total. The maximum absolute atomic E-state index is 12.4. The fraction of sp³-hybridized carbons (Fsp3) is 0.278. The number of rotatable bonds is 5. The van der Waals surface area contributed by atoms with E-state index in [9.17, 15) is 13.2 Å². The van der Waals surface area contributed by atoms with Gasteiger partial charge in [-0.15, -0.1) is 0 Å². The van der Waals surface area contributed by atoms with E-state index in [0.29, 0.717) is 30.3 Å². The van der Waals surface area contributed by atoms with E-state index >= 15 is 0 Å². The van der Waals surface area contributed by atoms with Gasteiger partial charge in [0.25, 0.3) is 0 Å². The fourth-order valence-electron chi connectivity index (χ4n) is 2.82. The molecule has 0 radical (unpaired) electrons. The minimum Gasteiger partial charge on any atom is -0.492 e. The van der Waals surface area contributed by atoms with Gasteiger partial charge in [0, 0.05) is 17.3 Å². The lowest BCUT2D eigenvalue weighted by atomic mass is 9.96. The summed E-state index contributed by atoms with van der Waals surface area (Å²) in [5, 5.41) is 3.49. The molecule has 1 aliphatic rings. The van der Waals surface area contributed by atoms with Crippen LogP contribution in [0.4, 0.5) is 5.69 Å². The standard InChI is InChI=1S/C18H19ClN2O4S/c1-26(23,24)21-16-4-2-3-12(7-16)10-20-18(22)14-8-13-9-15(19)5-6-17(13)25-11-14/h2-7,9,14,21H,8,10-11H2,1H3,(H,20,22). The summed E-state index contributed by atoms with van der Waals surface area (Å²) in [6, 6.07) is 12.3. The molecule has 1 amide bonds. The predicted octanol–water partition coefficient (Wildman–Crippen LogP) is 2.58. The van der Waals surface area contributed by atoms with Gasteiger partial charge >= 0.3 is 0 Å². The van der Waals surface area contributed by atoms with Crippen LogP contribution in [0.5, 0.6) is 5.75 Å². The third kappa shape index (κ3) is 4.89. The van der Waals surface area contributed by atoms with Crippen molar-refractivity contribution in [3.8, 4) is 5.75 Å². The van der Waals surface area contributed by atoms with Gasteiger partial charge in [0.05, 0.1) is 12.2 Å². The summed E-state index contributed by atoms with van der Waals surface area (Å²) in [5.74, 6) is 0.355. The number of anilines is 1. The smallest absolute Gasteiger partial charge is 0.229 e. The Balaban J connectivity index is 1.60. The number of sulfonamides is 1. The molecule has 0 aliphatic carbocycles. The molecule has 0 saturated carbocycles. The summed E-state index contributed by atoms with van der Waals surface area (Å²) in [5.41, 5.74) is 2.18. The molecule has 1 atom stereocenters. The molecule has 8 heteroatoms. The van der Waals surface area contributed by atoms with Crippen molar-refractivity contribution in [3.05, 3.63) is 58.6 Å². The number of hydrogen-bond acceptors (Lipinski definition) is 4. The monoisotopic (exact) mass is 394 g/mol. The summed E-state index contributed by atoms with van der Waals surface area (Å²) >= 11 is 6.00. The van der Waals surface area contributed by atoms with Crippen molar-refractivity contribution in [2.75, 3.05) is 17.6 Å². The number of carbonyl (C=O) groups excluding carboxylic acids is 1. The second kappa shape index (κ2) is 7.55. The van der Waals surface area contributed by atoms with E-state index in [1.54, 1.807) is 24.3 Å². The maximum Gasteiger partial charge on any atom is 0.229 e. The van der Waals surface area contributed by atoms with Gasteiger partial charge in [-0.3, -0.25) is 9.52 Å². The van der Waals surface area contributed by atoms with Gasteiger partial charge in [0.1, 0.15) is 12.4 Å². The summed E-state index contributed by atoms with van der Waals surface area (Å²) < 4.78 is 30.7. The van der Waals surface area contributed by atoms with Crippen LogP contribution in [0.2, 0.25) is 5.02 Å². The van der Waals surface area contributed by atoms with Crippen LogP contribution in [-0.2, 0) is 27.8 Å². The Morgan fingerprint density at radius 3 is 2.85 bits per heavy atom. The Morgan fingerprint density at radius 2 is 2.08 bits per heavy atom. The molecule has 1 heterocycles. The fourth-order valence-corrected chi connectivity index (χ4v) is 3.57. The van der Waals surface area contributed by atoms with Gasteiger partial charge < -0.3 is 10.1 Å². The van der Waals surface area contributed by atoms with Crippen LogP contribution in [0, 0.1) is 5.92 Å². The van der Waals surface area contributed by atoms with Crippen LogP contribution in [0.25, 0.3) is 0 Å². The van der Waals surface area contributed by atoms with Gasteiger partial charge in [0.15, 0.2) is 0 Å². The zero-order valence-corrected chi connectivity index (χ0v) is 15.7. The molecular weight excluding hydrogens is 376 g/mol. The Morgan fingerprint density at radius 1 is 1.27 bits per heavy atom. The number of ether oxygens (including phenoxy) is 1. The van der Waals surface area contributed by atoms with Gasteiger partial charge in [-0.2, -0.15) is 0 Å². The quantitative estimate of drug-likeness (QED) is 0.816. The number of nitrogens with one attached hydrogen (secondary N) is 2. The van der Waals surface area contributed by atoms with Crippen LogP contribution < -0.4 is 14.8 Å². The number of carbonyl (C=O) groups is 1. The second-order valence-electron chi connectivity index (χ2n) is 6.26. The highest BCUT2D eigenvalue weighted by Gasteiger charge is 2.26. The van der Waals surface area contributed by atoms with Crippen molar-refractivity contribution < 1.29 is 17.9 Å². The van der Waals surface area contributed by atoms with Crippen LogP contribution in [0.1, 0.15) is 11.1 Å². The normalized spacial score (nSPS) is 16.3. The lowest BCUT2D eigenvalue weighted by Crippen LogP contribution is -2.37. The first kappa shape index (κ1) is 18.5. The molecule has 0 saturated heterocycles. The third-order valence-electron chi connectivity index (χ3n) is 4.00. The first-order valence-corrected chi connectivity index (χ1v) is 10.3. The minimum absolute atomic E-state index is 0.114. The molecule has 2 N–H and O–H groups in total. The second-order valence-corrected chi connectivity index (χ2v) is 8.44. The van der Waals surface area contributed by atoms with Crippen LogP contribution in [-0.4, -0.2) is 27.2 Å². The molecule has 1 unspecified atom stereocenters. The average molecular weight is 395 g/mol. The van der Waals surface area contributed by atoms with E-state index in [2.05, 4.69) is 10.0 Å². The van der Waals surface area contributed by atoms with E-state index in [-0.39, 0.29) is 11.8 Å². The predicted molar refractivity (Wildman–Crippen MR) is 101 cm³/mol. The van der Waals surface area contributed by atoms with E-state index < -0.39 is 10.0 Å². The molecule has 138 valence electrons. The van der Waals surface area contributed by atoms with Gasteiger partial charge in [0.2, 0.25) is 15.9 Å². The summed E-state index contributed by atoms with van der Waals surface area (Å²) in [6.07, 6.45) is 1.66. The number of hydrogen-bond donors (Lipinski definition) is 2. The van der Waals surface area contributed by atoms with Gasteiger partial charge in [-0.05, 0) is 47.9 Å². The first-order valence-electron chi connectivity index (χ1n) is 8.06.